The van der Waals surface area contributed by atoms with Crippen LogP contribution in [-0.4, -0.2) is 36.3 Å². The van der Waals surface area contributed by atoms with Crippen LogP contribution in [0.25, 0.3) is 11.5 Å². The number of imidazole rings is 1. The van der Waals surface area contributed by atoms with E-state index in [1.807, 2.05) is 29.5 Å². The van der Waals surface area contributed by atoms with Gasteiger partial charge in [-0.15, -0.1) is 11.3 Å². The standard InChI is InChI=1S/C15H15N5OS2/c1-9-13-7-19(15(21)11-3-6-23-18-11)4-5-20(13)14(16-9)12-8-22-10(2)17-12/h3,6,8H,4-5,7H2,1-2H3. The predicted octanol–water partition coefficient (Wildman–Crippen LogP) is 2.74. The molecule has 1 aliphatic heterocycles. The maximum atomic E-state index is 12.5. The second-order valence-electron chi connectivity index (χ2n) is 5.48. The minimum atomic E-state index is -0.0100. The Bertz CT molecular complexity index is 865. The van der Waals surface area contributed by atoms with Crippen LogP contribution in [0.5, 0.6) is 0 Å². The molecule has 0 fully saturated rings. The third-order valence-electron chi connectivity index (χ3n) is 4.00. The van der Waals surface area contributed by atoms with Crippen molar-refractivity contribution in [2.24, 2.45) is 0 Å². The highest BCUT2D eigenvalue weighted by Crippen LogP contribution is 2.27. The molecule has 0 saturated heterocycles. The summed E-state index contributed by atoms with van der Waals surface area (Å²) >= 11 is 2.93. The minimum absolute atomic E-state index is 0.0100. The van der Waals surface area contributed by atoms with Crippen molar-refractivity contribution >= 4 is 28.8 Å². The normalized spacial score (nSPS) is 14.1. The zero-order chi connectivity index (χ0) is 16.0. The number of amides is 1. The van der Waals surface area contributed by atoms with Gasteiger partial charge in [0.15, 0.2) is 5.82 Å². The number of fused-ring (bicyclic) bond motifs is 1. The molecule has 0 radical (unpaired) electrons. The second kappa shape index (κ2) is 5.54. The van der Waals surface area contributed by atoms with Gasteiger partial charge < -0.3 is 9.47 Å². The number of carbonyl (C=O) groups excluding carboxylic acids is 1. The van der Waals surface area contributed by atoms with Gasteiger partial charge in [0.05, 0.1) is 22.9 Å². The Morgan fingerprint density at radius 3 is 2.83 bits per heavy atom. The number of thiazole rings is 1. The van der Waals surface area contributed by atoms with Gasteiger partial charge in [-0.3, -0.25) is 4.79 Å². The summed E-state index contributed by atoms with van der Waals surface area (Å²) in [5.41, 5.74) is 3.49. The molecule has 0 bridgehead atoms. The first-order valence-corrected chi connectivity index (χ1v) is 9.03. The maximum Gasteiger partial charge on any atom is 0.273 e. The van der Waals surface area contributed by atoms with Crippen molar-refractivity contribution in [1.29, 1.82) is 0 Å². The Labute approximate surface area is 141 Å². The number of hydrogen-bond acceptors (Lipinski definition) is 6. The van der Waals surface area contributed by atoms with E-state index in [0.29, 0.717) is 18.8 Å². The molecule has 23 heavy (non-hydrogen) atoms. The SMILES string of the molecule is Cc1nc(-c2nc(C)c3n2CCN(C(=O)c2ccsn2)C3)cs1. The average Bonchev–Trinajstić information content (AvgIpc) is 3.27. The quantitative estimate of drug-likeness (QED) is 0.716. The van der Waals surface area contributed by atoms with Gasteiger partial charge in [-0.25, -0.2) is 9.97 Å². The summed E-state index contributed by atoms with van der Waals surface area (Å²) in [5, 5.41) is 4.90. The van der Waals surface area contributed by atoms with Crippen molar-refractivity contribution in [3.63, 3.8) is 0 Å². The zero-order valence-electron chi connectivity index (χ0n) is 12.8. The number of aryl methyl sites for hydroxylation is 2. The third-order valence-corrected chi connectivity index (χ3v) is 5.33. The molecule has 6 nitrogen and oxygen atoms in total. The van der Waals surface area contributed by atoms with Gasteiger partial charge >= 0.3 is 0 Å². The van der Waals surface area contributed by atoms with Crippen LogP contribution in [0, 0.1) is 13.8 Å². The van der Waals surface area contributed by atoms with Crippen LogP contribution in [-0.2, 0) is 13.1 Å². The predicted molar refractivity (Wildman–Crippen MR) is 89.7 cm³/mol. The van der Waals surface area contributed by atoms with Gasteiger partial charge in [0.1, 0.15) is 11.4 Å². The summed E-state index contributed by atoms with van der Waals surface area (Å²) < 4.78 is 6.33. The molecular weight excluding hydrogens is 330 g/mol. The van der Waals surface area contributed by atoms with Crippen LogP contribution in [0.4, 0.5) is 0 Å². The van der Waals surface area contributed by atoms with Crippen molar-refractivity contribution < 1.29 is 4.79 Å². The summed E-state index contributed by atoms with van der Waals surface area (Å²) in [6.07, 6.45) is 0. The average molecular weight is 345 g/mol. The Morgan fingerprint density at radius 1 is 1.26 bits per heavy atom. The van der Waals surface area contributed by atoms with E-state index in [9.17, 15) is 4.79 Å². The third kappa shape index (κ3) is 2.47. The summed E-state index contributed by atoms with van der Waals surface area (Å²) in [4.78, 5) is 23.6. The fraction of sp³-hybridized carbons (Fsp3) is 0.333. The lowest BCUT2D eigenvalue weighted by Crippen LogP contribution is -2.38. The molecule has 0 aromatic carbocycles. The van der Waals surface area contributed by atoms with Crippen LogP contribution < -0.4 is 0 Å². The van der Waals surface area contributed by atoms with Crippen molar-refractivity contribution in [1.82, 2.24) is 23.8 Å². The van der Waals surface area contributed by atoms with Crippen molar-refractivity contribution in [3.05, 3.63) is 38.9 Å². The zero-order valence-corrected chi connectivity index (χ0v) is 14.4. The lowest BCUT2D eigenvalue weighted by atomic mass is 10.2. The molecule has 8 heteroatoms. The Kier molecular flexibility index (Phi) is 3.50. The molecule has 4 heterocycles. The van der Waals surface area contributed by atoms with Gasteiger partial charge in [0, 0.05) is 23.8 Å². The summed E-state index contributed by atoms with van der Waals surface area (Å²) in [6, 6.07) is 1.77. The summed E-state index contributed by atoms with van der Waals surface area (Å²) in [6.45, 7) is 5.95. The first-order chi connectivity index (χ1) is 11.1. The summed E-state index contributed by atoms with van der Waals surface area (Å²) in [5.74, 6) is 0.895. The first kappa shape index (κ1) is 14.5. The molecular formula is C15H15N5OS2. The highest BCUT2D eigenvalue weighted by molar-refractivity contribution is 7.09. The van der Waals surface area contributed by atoms with E-state index in [4.69, 9.17) is 0 Å². The van der Waals surface area contributed by atoms with E-state index in [1.165, 1.54) is 11.5 Å². The molecule has 0 N–H and O–H groups in total. The number of rotatable bonds is 2. The Morgan fingerprint density at radius 2 is 2.13 bits per heavy atom. The van der Waals surface area contributed by atoms with E-state index < -0.39 is 0 Å². The summed E-state index contributed by atoms with van der Waals surface area (Å²) in [7, 11) is 0. The molecule has 1 aliphatic rings. The van der Waals surface area contributed by atoms with Crippen LogP contribution >= 0.6 is 22.9 Å². The molecule has 0 spiro atoms. The van der Waals surface area contributed by atoms with E-state index in [1.54, 1.807) is 17.4 Å². The number of aromatic nitrogens is 4. The van der Waals surface area contributed by atoms with Crippen molar-refractivity contribution in [3.8, 4) is 11.5 Å². The number of nitrogens with zero attached hydrogens (tertiary/aromatic N) is 5. The largest absolute Gasteiger partial charge is 0.330 e. The van der Waals surface area contributed by atoms with Gasteiger partial charge in [-0.05, 0) is 31.4 Å². The number of hydrogen-bond donors (Lipinski definition) is 0. The Balaban J connectivity index is 1.66. The lowest BCUT2D eigenvalue weighted by Gasteiger charge is -2.28. The van der Waals surface area contributed by atoms with Crippen molar-refractivity contribution in [2.45, 2.75) is 26.9 Å². The van der Waals surface area contributed by atoms with Crippen LogP contribution in [0.2, 0.25) is 0 Å². The van der Waals surface area contributed by atoms with E-state index in [0.717, 1.165) is 34.5 Å². The van der Waals surface area contributed by atoms with Crippen LogP contribution in [0.15, 0.2) is 16.8 Å². The van der Waals surface area contributed by atoms with Gasteiger partial charge in [-0.2, -0.15) is 4.37 Å². The molecule has 3 aromatic heterocycles. The van der Waals surface area contributed by atoms with Gasteiger partial charge in [0.25, 0.3) is 5.91 Å². The first-order valence-electron chi connectivity index (χ1n) is 7.31. The molecule has 1 amide bonds. The molecule has 0 saturated carbocycles. The second-order valence-corrected chi connectivity index (χ2v) is 7.21. The Hall–Kier alpha value is -2.06. The monoisotopic (exact) mass is 345 g/mol. The fourth-order valence-corrected chi connectivity index (χ4v) is 3.94. The minimum Gasteiger partial charge on any atom is -0.330 e. The molecule has 3 aromatic rings. The van der Waals surface area contributed by atoms with E-state index >= 15 is 0 Å². The highest BCUT2D eigenvalue weighted by atomic mass is 32.1. The molecule has 4 rings (SSSR count). The smallest absolute Gasteiger partial charge is 0.273 e. The van der Waals surface area contributed by atoms with E-state index in [2.05, 4.69) is 18.9 Å². The van der Waals surface area contributed by atoms with Gasteiger partial charge in [0.2, 0.25) is 0 Å². The van der Waals surface area contributed by atoms with Gasteiger partial charge in [-0.1, -0.05) is 0 Å². The number of carbonyl (C=O) groups is 1. The maximum absolute atomic E-state index is 12.5. The molecule has 0 atom stereocenters. The fourth-order valence-electron chi connectivity index (χ4n) is 2.85. The highest BCUT2D eigenvalue weighted by Gasteiger charge is 2.27. The van der Waals surface area contributed by atoms with Crippen LogP contribution in [0.3, 0.4) is 0 Å². The van der Waals surface area contributed by atoms with E-state index in [-0.39, 0.29) is 5.91 Å². The van der Waals surface area contributed by atoms with Crippen molar-refractivity contribution in [2.75, 3.05) is 6.54 Å². The molecule has 0 aliphatic carbocycles. The van der Waals surface area contributed by atoms with Crippen LogP contribution in [0.1, 0.15) is 26.9 Å². The lowest BCUT2D eigenvalue weighted by molar-refractivity contribution is 0.0706. The molecule has 0 unspecified atom stereocenters. The molecule has 118 valence electrons. The topological polar surface area (TPSA) is 63.9 Å².